The lowest BCUT2D eigenvalue weighted by molar-refractivity contribution is -0.127. The SMILES string of the molecule is Cc1ccc(CN(c2ncnc(NCC3(O)CCN(CC(N)=O)CC3O)c2F)C2CC2)cc1. The molecule has 1 amide bonds. The molecule has 1 saturated carbocycles. The van der Waals surface area contributed by atoms with Gasteiger partial charge in [-0.05, 0) is 31.7 Å². The number of likely N-dealkylation sites (tertiary alicyclic amines) is 1. The molecule has 2 aliphatic rings. The Hall–Kier alpha value is -2.82. The summed E-state index contributed by atoms with van der Waals surface area (Å²) < 4.78 is 15.4. The first-order chi connectivity index (χ1) is 15.7. The number of anilines is 2. The molecule has 9 nitrogen and oxygen atoms in total. The normalized spacial score (nSPS) is 23.3. The summed E-state index contributed by atoms with van der Waals surface area (Å²) in [5.41, 5.74) is 5.96. The number of β-amino-alcohol motifs (C(OH)–C–C–N with tert-alkyl or cyclic N) is 1. The molecule has 2 heterocycles. The maximum atomic E-state index is 15.4. The summed E-state index contributed by atoms with van der Waals surface area (Å²) in [6.07, 6.45) is 2.35. The number of rotatable bonds is 9. The van der Waals surface area contributed by atoms with E-state index in [4.69, 9.17) is 5.73 Å². The van der Waals surface area contributed by atoms with Gasteiger partial charge in [0.15, 0.2) is 11.6 Å². The largest absolute Gasteiger partial charge is 0.389 e. The highest BCUT2D eigenvalue weighted by Crippen LogP contribution is 2.35. The van der Waals surface area contributed by atoms with E-state index >= 15 is 4.39 Å². The van der Waals surface area contributed by atoms with Crippen LogP contribution in [0.15, 0.2) is 30.6 Å². The summed E-state index contributed by atoms with van der Waals surface area (Å²) in [7, 11) is 0. The van der Waals surface area contributed by atoms with Crippen molar-refractivity contribution in [2.24, 2.45) is 5.73 Å². The number of aromatic nitrogens is 2. The Kier molecular flexibility index (Phi) is 6.78. The van der Waals surface area contributed by atoms with Crippen LogP contribution in [0.1, 0.15) is 30.4 Å². The van der Waals surface area contributed by atoms with E-state index in [1.165, 1.54) is 6.33 Å². The fourth-order valence-electron chi connectivity index (χ4n) is 4.17. The van der Waals surface area contributed by atoms with Crippen LogP contribution in [0.5, 0.6) is 0 Å². The van der Waals surface area contributed by atoms with Crippen LogP contribution in [-0.2, 0) is 11.3 Å². The van der Waals surface area contributed by atoms with Gasteiger partial charge < -0.3 is 26.2 Å². The van der Waals surface area contributed by atoms with Crippen LogP contribution in [-0.4, -0.2) is 74.9 Å². The molecule has 33 heavy (non-hydrogen) atoms. The van der Waals surface area contributed by atoms with E-state index in [1.807, 2.05) is 36.1 Å². The number of halogens is 1. The van der Waals surface area contributed by atoms with Crippen molar-refractivity contribution in [3.05, 3.63) is 47.5 Å². The van der Waals surface area contributed by atoms with Crippen molar-refractivity contribution in [3.63, 3.8) is 0 Å². The van der Waals surface area contributed by atoms with Crippen LogP contribution in [0, 0.1) is 12.7 Å². The molecule has 0 radical (unpaired) electrons. The molecule has 2 atom stereocenters. The predicted octanol–water partition coefficient (Wildman–Crippen LogP) is 0.788. The highest BCUT2D eigenvalue weighted by Gasteiger charge is 2.41. The third-order valence-corrected chi connectivity index (χ3v) is 6.36. The van der Waals surface area contributed by atoms with E-state index in [-0.39, 0.29) is 43.7 Å². The molecule has 4 rings (SSSR count). The number of benzene rings is 1. The Balaban J connectivity index is 1.45. The molecule has 0 spiro atoms. The van der Waals surface area contributed by atoms with Crippen LogP contribution in [0.4, 0.5) is 16.0 Å². The zero-order valence-electron chi connectivity index (χ0n) is 18.7. The van der Waals surface area contributed by atoms with Gasteiger partial charge in [0.05, 0.1) is 12.6 Å². The molecule has 2 fully saturated rings. The molecule has 1 aliphatic heterocycles. The van der Waals surface area contributed by atoms with Crippen molar-refractivity contribution < 1.29 is 19.4 Å². The molecular weight excluding hydrogens is 427 g/mol. The molecule has 1 saturated heterocycles. The van der Waals surface area contributed by atoms with Crippen molar-refractivity contribution in [1.82, 2.24) is 14.9 Å². The molecule has 1 aliphatic carbocycles. The van der Waals surface area contributed by atoms with Gasteiger partial charge in [-0.25, -0.2) is 9.97 Å². The summed E-state index contributed by atoms with van der Waals surface area (Å²) >= 11 is 0. The lowest BCUT2D eigenvalue weighted by Crippen LogP contribution is -2.59. The average Bonchev–Trinajstić information content (AvgIpc) is 3.61. The van der Waals surface area contributed by atoms with Crippen LogP contribution in [0.2, 0.25) is 0 Å². The number of hydrogen-bond acceptors (Lipinski definition) is 8. The zero-order chi connectivity index (χ0) is 23.6. The highest BCUT2D eigenvalue weighted by atomic mass is 19.1. The van der Waals surface area contributed by atoms with Crippen molar-refractivity contribution >= 4 is 17.5 Å². The molecule has 0 bridgehead atoms. The lowest BCUT2D eigenvalue weighted by Gasteiger charge is -2.41. The average molecular weight is 459 g/mol. The number of aryl methyl sites for hydroxylation is 1. The number of primary amides is 1. The number of piperidine rings is 1. The maximum absolute atomic E-state index is 15.4. The number of carbonyl (C=O) groups excluding carboxylic acids is 1. The van der Waals surface area contributed by atoms with Gasteiger partial charge in [0, 0.05) is 32.2 Å². The van der Waals surface area contributed by atoms with Crippen molar-refractivity contribution in [1.29, 1.82) is 0 Å². The quantitative estimate of drug-likeness (QED) is 0.434. The number of nitrogens with two attached hydrogens (primary N) is 1. The number of nitrogens with zero attached hydrogens (tertiary/aromatic N) is 4. The van der Waals surface area contributed by atoms with Gasteiger partial charge in [-0.2, -0.15) is 4.39 Å². The van der Waals surface area contributed by atoms with Crippen LogP contribution >= 0.6 is 0 Å². The monoisotopic (exact) mass is 458 g/mol. The Labute approximate surface area is 192 Å². The summed E-state index contributed by atoms with van der Waals surface area (Å²) in [4.78, 5) is 23.0. The van der Waals surface area contributed by atoms with Gasteiger partial charge in [0.2, 0.25) is 11.7 Å². The number of nitrogens with one attached hydrogen (secondary N) is 1. The highest BCUT2D eigenvalue weighted by molar-refractivity contribution is 5.75. The zero-order valence-corrected chi connectivity index (χ0v) is 18.7. The standard InChI is InChI=1S/C23H31FN6O3/c1-15-2-4-16(5-3-15)10-30(17-6-7-17)22-20(24)21(27-14-28-22)26-13-23(33)8-9-29(11-18(23)31)12-19(25)32/h2-5,14,17-18,31,33H,6-13H2,1H3,(H2,25,32)(H,26,27,28). The summed E-state index contributed by atoms with van der Waals surface area (Å²) in [6.45, 7) is 2.98. The van der Waals surface area contributed by atoms with Crippen molar-refractivity contribution in [3.8, 4) is 0 Å². The molecule has 10 heteroatoms. The number of amides is 1. The second-order valence-electron chi connectivity index (χ2n) is 9.13. The van der Waals surface area contributed by atoms with Crippen LogP contribution in [0.25, 0.3) is 0 Å². The van der Waals surface area contributed by atoms with E-state index in [0.29, 0.717) is 13.1 Å². The minimum absolute atomic E-state index is 0.0163. The van der Waals surface area contributed by atoms with Crippen molar-refractivity contribution in [2.75, 3.05) is 36.4 Å². The van der Waals surface area contributed by atoms with Gasteiger partial charge in [-0.3, -0.25) is 9.69 Å². The Morgan fingerprint density at radius 1 is 1.33 bits per heavy atom. The number of hydrogen-bond donors (Lipinski definition) is 4. The smallest absolute Gasteiger partial charge is 0.231 e. The summed E-state index contributed by atoms with van der Waals surface area (Å²) in [5, 5.41) is 24.2. The van der Waals surface area contributed by atoms with E-state index in [9.17, 15) is 15.0 Å². The van der Waals surface area contributed by atoms with Crippen LogP contribution in [0.3, 0.4) is 0 Å². The Morgan fingerprint density at radius 3 is 2.70 bits per heavy atom. The van der Waals surface area contributed by atoms with Gasteiger partial charge in [-0.1, -0.05) is 29.8 Å². The Bertz CT molecular complexity index is 987. The van der Waals surface area contributed by atoms with Gasteiger partial charge in [-0.15, -0.1) is 0 Å². The number of carbonyl (C=O) groups is 1. The lowest BCUT2D eigenvalue weighted by atomic mass is 9.88. The topological polar surface area (TPSA) is 128 Å². The van der Waals surface area contributed by atoms with Crippen molar-refractivity contribution in [2.45, 2.75) is 50.5 Å². The maximum Gasteiger partial charge on any atom is 0.231 e. The first-order valence-electron chi connectivity index (χ1n) is 11.2. The fraction of sp³-hybridized carbons (Fsp3) is 0.522. The Morgan fingerprint density at radius 2 is 2.06 bits per heavy atom. The summed E-state index contributed by atoms with van der Waals surface area (Å²) in [5.74, 6) is -0.873. The molecule has 2 aromatic rings. The fourth-order valence-corrected chi connectivity index (χ4v) is 4.17. The first-order valence-corrected chi connectivity index (χ1v) is 11.2. The van der Waals surface area contributed by atoms with Gasteiger partial charge >= 0.3 is 0 Å². The molecule has 5 N–H and O–H groups in total. The first kappa shape index (κ1) is 23.3. The molecule has 1 aromatic heterocycles. The third-order valence-electron chi connectivity index (χ3n) is 6.36. The van der Waals surface area contributed by atoms with E-state index in [2.05, 4.69) is 15.3 Å². The minimum Gasteiger partial charge on any atom is -0.389 e. The van der Waals surface area contributed by atoms with Crippen LogP contribution < -0.4 is 16.0 Å². The summed E-state index contributed by atoms with van der Waals surface area (Å²) in [6, 6.07) is 8.35. The predicted molar refractivity (Wildman–Crippen MR) is 122 cm³/mol. The molecule has 2 unspecified atom stereocenters. The van der Waals surface area contributed by atoms with Gasteiger partial charge in [0.25, 0.3) is 0 Å². The minimum atomic E-state index is -1.48. The second kappa shape index (κ2) is 9.58. The molecular formula is C23H31FN6O3. The van der Waals surface area contributed by atoms with Gasteiger partial charge in [0.1, 0.15) is 11.9 Å². The third kappa shape index (κ3) is 5.58. The molecule has 178 valence electrons. The second-order valence-corrected chi connectivity index (χ2v) is 9.13. The van der Waals surface area contributed by atoms with E-state index in [0.717, 1.165) is 24.0 Å². The van der Waals surface area contributed by atoms with E-state index < -0.39 is 23.4 Å². The number of aliphatic hydroxyl groups excluding tert-OH is 1. The van der Waals surface area contributed by atoms with E-state index in [1.54, 1.807) is 4.90 Å². The molecule has 1 aromatic carbocycles. The number of aliphatic hydroxyl groups is 2.